The molecule has 0 amide bonds. The van der Waals surface area contributed by atoms with Crippen molar-refractivity contribution >= 4 is 46.8 Å². The number of ketones is 2. The molecule has 0 unspecified atom stereocenters. The number of carbonyl (C=O) groups is 2. The zero-order valence-electron chi connectivity index (χ0n) is 22.0. The van der Waals surface area contributed by atoms with E-state index in [0.29, 0.717) is 12.8 Å². The standard InChI is InChI=1S/C13H16F2O3S.C9H9F2NO.C3H7ClO2S/c1-3-6-19(17,18)8-10-4-5-12(14)11(13(10)15)7-9(2)16;1-5(13)4-6-7(10)2-3-8(12)9(6)11;1-2-3-7(4,5)6/h4-5H,3,6-8H2,1-2H3;2-3H,4,12H2,1H3;2-3H2,1H3. The number of sulfone groups is 1. The number of rotatable bonds is 10. The minimum Gasteiger partial charge on any atom is -0.396 e. The third-order valence-electron chi connectivity index (χ3n) is 4.67. The van der Waals surface area contributed by atoms with Gasteiger partial charge in [0.2, 0.25) is 9.05 Å². The van der Waals surface area contributed by atoms with Crippen LogP contribution < -0.4 is 5.73 Å². The van der Waals surface area contributed by atoms with Crippen molar-refractivity contribution in [2.45, 2.75) is 59.1 Å². The maximum Gasteiger partial charge on any atom is 0.232 e. The van der Waals surface area contributed by atoms with Gasteiger partial charge in [0.05, 0.1) is 22.9 Å². The Labute approximate surface area is 231 Å². The maximum atomic E-state index is 14.0. The molecule has 0 aliphatic heterocycles. The zero-order valence-corrected chi connectivity index (χ0v) is 24.4. The van der Waals surface area contributed by atoms with E-state index in [2.05, 4.69) is 0 Å². The molecule has 2 rings (SSSR count). The first kappa shape index (κ1) is 36.5. The summed E-state index contributed by atoms with van der Waals surface area (Å²) in [5.41, 5.74) is 4.36. The van der Waals surface area contributed by atoms with Crippen LogP contribution in [0.1, 0.15) is 57.2 Å². The van der Waals surface area contributed by atoms with Crippen molar-refractivity contribution in [1.29, 1.82) is 0 Å². The van der Waals surface area contributed by atoms with Gasteiger partial charge in [0.15, 0.2) is 15.7 Å². The molecule has 2 aromatic carbocycles. The van der Waals surface area contributed by atoms with Crippen molar-refractivity contribution in [2.24, 2.45) is 0 Å². The molecule has 0 fully saturated rings. The normalized spacial score (nSPS) is 11.1. The lowest BCUT2D eigenvalue weighted by atomic mass is 10.1. The van der Waals surface area contributed by atoms with Crippen LogP contribution in [0.15, 0.2) is 24.3 Å². The molecule has 0 atom stereocenters. The molecule has 0 heterocycles. The van der Waals surface area contributed by atoms with Crippen LogP contribution in [0, 0.1) is 23.3 Å². The van der Waals surface area contributed by atoms with E-state index in [1.807, 2.05) is 0 Å². The predicted molar refractivity (Wildman–Crippen MR) is 144 cm³/mol. The van der Waals surface area contributed by atoms with Crippen LogP contribution >= 0.6 is 10.7 Å². The largest absolute Gasteiger partial charge is 0.396 e. The fourth-order valence-corrected chi connectivity index (χ4v) is 5.47. The number of Topliss-reactive ketones (excluding diaryl/α,β-unsaturated/α-hetero) is 2. The van der Waals surface area contributed by atoms with Gasteiger partial charge in [-0.2, -0.15) is 0 Å². The molecular formula is C25H32ClF4NO6S2. The van der Waals surface area contributed by atoms with Crippen LogP contribution in [0.25, 0.3) is 0 Å². The van der Waals surface area contributed by atoms with E-state index in [4.69, 9.17) is 16.4 Å². The van der Waals surface area contributed by atoms with Gasteiger partial charge in [-0.1, -0.05) is 19.9 Å². The quantitative estimate of drug-likeness (QED) is 0.224. The van der Waals surface area contributed by atoms with Crippen molar-refractivity contribution in [3.05, 3.63) is 64.2 Å². The highest BCUT2D eigenvalue weighted by atomic mass is 35.7. The summed E-state index contributed by atoms with van der Waals surface area (Å²) in [5, 5.41) is 0. The van der Waals surface area contributed by atoms with E-state index in [1.54, 1.807) is 13.8 Å². The molecule has 0 aromatic heterocycles. The zero-order chi connectivity index (χ0) is 30.6. The number of anilines is 1. The fourth-order valence-electron chi connectivity index (χ4n) is 3.06. The highest BCUT2D eigenvalue weighted by Gasteiger charge is 2.19. The molecule has 0 saturated heterocycles. The molecule has 0 radical (unpaired) electrons. The van der Waals surface area contributed by atoms with E-state index >= 15 is 0 Å². The van der Waals surface area contributed by atoms with Gasteiger partial charge in [0, 0.05) is 40.2 Å². The lowest BCUT2D eigenvalue weighted by molar-refractivity contribution is -0.117. The van der Waals surface area contributed by atoms with Crippen LogP contribution in [0.5, 0.6) is 0 Å². The van der Waals surface area contributed by atoms with Gasteiger partial charge in [0.25, 0.3) is 0 Å². The molecule has 39 heavy (non-hydrogen) atoms. The molecule has 220 valence electrons. The Morgan fingerprint density at radius 2 is 1.21 bits per heavy atom. The molecular weight excluding hydrogens is 586 g/mol. The molecule has 0 spiro atoms. The van der Waals surface area contributed by atoms with Gasteiger partial charge in [-0.15, -0.1) is 0 Å². The van der Waals surface area contributed by atoms with E-state index in [0.717, 1.165) is 24.3 Å². The summed E-state index contributed by atoms with van der Waals surface area (Å²) in [6, 6.07) is 4.30. The summed E-state index contributed by atoms with van der Waals surface area (Å²) < 4.78 is 96.8. The Morgan fingerprint density at radius 3 is 1.59 bits per heavy atom. The van der Waals surface area contributed by atoms with Gasteiger partial charge in [-0.3, -0.25) is 9.59 Å². The van der Waals surface area contributed by atoms with Gasteiger partial charge >= 0.3 is 0 Å². The third kappa shape index (κ3) is 14.4. The van der Waals surface area contributed by atoms with Crippen molar-refractivity contribution in [3.63, 3.8) is 0 Å². The monoisotopic (exact) mass is 617 g/mol. The first-order valence-electron chi connectivity index (χ1n) is 11.6. The minimum atomic E-state index is -3.41. The average Bonchev–Trinajstić information content (AvgIpc) is 2.78. The Morgan fingerprint density at radius 1 is 0.769 bits per heavy atom. The minimum absolute atomic E-state index is 0.0497. The molecule has 0 saturated carbocycles. The lowest BCUT2D eigenvalue weighted by Crippen LogP contribution is -2.12. The topological polar surface area (TPSA) is 128 Å². The molecule has 0 aliphatic carbocycles. The van der Waals surface area contributed by atoms with Crippen LogP contribution in [0.3, 0.4) is 0 Å². The summed E-state index contributed by atoms with van der Waals surface area (Å²) in [4.78, 5) is 21.6. The molecule has 2 N–H and O–H groups in total. The Kier molecular flexibility index (Phi) is 15.5. The van der Waals surface area contributed by atoms with E-state index in [1.165, 1.54) is 13.8 Å². The van der Waals surface area contributed by atoms with E-state index in [9.17, 15) is 44.0 Å². The molecule has 2 aromatic rings. The maximum absolute atomic E-state index is 14.0. The third-order valence-corrected chi connectivity index (χ3v) is 7.81. The predicted octanol–water partition coefficient (Wildman–Crippen LogP) is 5.06. The second-order valence-electron chi connectivity index (χ2n) is 8.52. The number of nitrogen functional groups attached to an aromatic ring is 1. The Hall–Kier alpha value is -2.51. The van der Waals surface area contributed by atoms with Crippen molar-refractivity contribution in [3.8, 4) is 0 Å². The highest BCUT2D eigenvalue weighted by molar-refractivity contribution is 8.13. The fraction of sp³-hybridized carbons (Fsp3) is 0.440. The molecule has 0 bridgehead atoms. The average molecular weight is 618 g/mol. The number of carbonyl (C=O) groups excluding carboxylic acids is 2. The van der Waals surface area contributed by atoms with Gasteiger partial charge in [-0.25, -0.2) is 34.4 Å². The van der Waals surface area contributed by atoms with Crippen molar-refractivity contribution in [1.82, 2.24) is 0 Å². The number of hydrogen-bond acceptors (Lipinski definition) is 7. The second kappa shape index (κ2) is 16.6. The smallest absolute Gasteiger partial charge is 0.232 e. The molecule has 14 heteroatoms. The van der Waals surface area contributed by atoms with Gasteiger partial charge < -0.3 is 5.73 Å². The van der Waals surface area contributed by atoms with Gasteiger partial charge in [-0.05, 0) is 44.9 Å². The lowest BCUT2D eigenvalue weighted by Gasteiger charge is -2.09. The van der Waals surface area contributed by atoms with Crippen molar-refractivity contribution in [2.75, 3.05) is 17.2 Å². The summed E-state index contributed by atoms with van der Waals surface area (Å²) in [7, 11) is -1.81. The summed E-state index contributed by atoms with van der Waals surface area (Å²) >= 11 is 0. The second-order valence-corrected chi connectivity index (χ2v) is 13.6. The summed E-state index contributed by atoms with van der Waals surface area (Å²) in [6.07, 6.45) is 0.388. The Balaban J connectivity index is 0.000000622. The van der Waals surface area contributed by atoms with Gasteiger partial charge in [0.1, 0.15) is 29.0 Å². The van der Waals surface area contributed by atoms with E-state index < -0.39 is 47.9 Å². The first-order valence-corrected chi connectivity index (χ1v) is 15.9. The molecule has 0 aliphatic rings. The van der Waals surface area contributed by atoms with Crippen LogP contribution in [-0.2, 0) is 47.1 Å². The molecule has 7 nitrogen and oxygen atoms in total. The number of nitrogens with two attached hydrogens (primary N) is 1. The summed E-state index contributed by atoms with van der Waals surface area (Å²) in [6.45, 7) is 5.96. The SMILES string of the molecule is CC(=O)Cc1c(F)ccc(N)c1F.CCCS(=O)(=O)Cc1ccc(F)c(CC(C)=O)c1F.CCCS(=O)(=O)Cl. The van der Waals surface area contributed by atoms with Crippen LogP contribution in [-0.4, -0.2) is 39.9 Å². The summed E-state index contributed by atoms with van der Waals surface area (Å²) in [5.74, 6) is -4.47. The van der Waals surface area contributed by atoms with E-state index in [-0.39, 0.29) is 58.3 Å². The number of halogens is 5. The number of benzene rings is 2. The number of hydrogen-bond donors (Lipinski definition) is 1. The first-order chi connectivity index (χ1) is 17.8. The van der Waals surface area contributed by atoms with Crippen molar-refractivity contribution < 1.29 is 44.0 Å². The Bertz CT molecular complexity index is 1370. The van der Waals surface area contributed by atoms with Crippen LogP contribution in [0.2, 0.25) is 0 Å². The highest BCUT2D eigenvalue weighted by Crippen LogP contribution is 2.21. The van der Waals surface area contributed by atoms with Crippen LogP contribution in [0.4, 0.5) is 23.2 Å².